The zero-order valence-corrected chi connectivity index (χ0v) is 15.9. The number of rotatable bonds is 3. The zero-order chi connectivity index (χ0) is 19.8. The van der Waals surface area contributed by atoms with Gasteiger partial charge in [0.1, 0.15) is 18.0 Å². The summed E-state index contributed by atoms with van der Waals surface area (Å²) < 4.78 is 13.9. The monoisotopic (exact) mass is 386 g/mol. The normalized spacial score (nSPS) is 15.9. The van der Waals surface area contributed by atoms with Crippen LogP contribution in [0, 0.1) is 5.82 Å². The number of halogens is 1. The van der Waals surface area contributed by atoms with Crippen LogP contribution in [0.2, 0.25) is 0 Å². The number of pyridine rings is 2. The summed E-state index contributed by atoms with van der Waals surface area (Å²) >= 11 is 0. The third-order valence-electron chi connectivity index (χ3n) is 5.15. The minimum absolute atomic E-state index is 0.227. The fraction of sp³-hybridized carbons (Fsp3) is 0.182. The Labute approximate surface area is 167 Å². The molecule has 0 fully saturated rings. The molecular formula is C22H19FN6. The lowest BCUT2D eigenvalue weighted by Crippen LogP contribution is -2.34. The largest absolute Gasteiger partial charge is 0.353 e. The minimum atomic E-state index is -0.288. The smallest absolute Gasteiger partial charge is 0.140 e. The maximum absolute atomic E-state index is 13.9. The van der Waals surface area contributed by atoms with E-state index in [4.69, 9.17) is 4.98 Å². The van der Waals surface area contributed by atoms with Crippen molar-refractivity contribution < 1.29 is 4.39 Å². The summed E-state index contributed by atoms with van der Waals surface area (Å²) in [5, 5.41) is 4.06. The van der Waals surface area contributed by atoms with Crippen molar-refractivity contribution in [1.82, 2.24) is 19.9 Å². The lowest BCUT2D eigenvalue weighted by molar-refractivity contribution is 0.615. The quantitative estimate of drug-likeness (QED) is 0.562. The van der Waals surface area contributed by atoms with E-state index in [9.17, 15) is 4.39 Å². The lowest BCUT2D eigenvalue weighted by Gasteiger charge is -2.33. The second-order valence-corrected chi connectivity index (χ2v) is 7.28. The topological polar surface area (TPSA) is 66.8 Å². The van der Waals surface area contributed by atoms with E-state index in [2.05, 4.69) is 38.2 Å². The van der Waals surface area contributed by atoms with Crippen molar-refractivity contribution in [3.8, 4) is 0 Å². The van der Waals surface area contributed by atoms with E-state index in [0.717, 1.165) is 45.9 Å². The van der Waals surface area contributed by atoms with Crippen LogP contribution < -0.4 is 10.2 Å². The molecule has 0 bridgehead atoms. The van der Waals surface area contributed by atoms with Crippen LogP contribution in [0.15, 0.2) is 61.3 Å². The molecule has 4 heterocycles. The highest BCUT2D eigenvalue weighted by Crippen LogP contribution is 2.33. The van der Waals surface area contributed by atoms with Gasteiger partial charge in [0.25, 0.3) is 0 Å². The van der Waals surface area contributed by atoms with Crippen molar-refractivity contribution in [2.24, 2.45) is 0 Å². The summed E-state index contributed by atoms with van der Waals surface area (Å²) in [4.78, 5) is 19.7. The predicted octanol–water partition coefficient (Wildman–Crippen LogP) is 4.43. The van der Waals surface area contributed by atoms with Crippen molar-refractivity contribution in [3.63, 3.8) is 0 Å². The van der Waals surface area contributed by atoms with E-state index in [1.807, 2.05) is 18.3 Å². The van der Waals surface area contributed by atoms with Gasteiger partial charge >= 0.3 is 0 Å². The number of benzene rings is 1. The van der Waals surface area contributed by atoms with Crippen molar-refractivity contribution in [2.75, 3.05) is 16.8 Å². The Bertz CT molecular complexity index is 1180. The van der Waals surface area contributed by atoms with E-state index in [1.165, 1.54) is 18.5 Å². The van der Waals surface area contributed by atoms with Gasteiger partial charge in [-0.05, 0) is 42.0 Å². The highest BCUT2D eigenvalue weighted by Gasteiger charge is 2.26. The van der Waals surface area contributed by atoms with Crippen LogP contribution in [-0.4, -0.2) is 26.5 Å². The van der Waals surface area contributed by atoms with Crippen LogP contribution in [0.4, 0.5) is 21.6 Å². The Morgan fingerprint density at radius 1 is 1.07 bits per heavy atom. The van der Waals surface area contributed by atoms with Gasteiger partial charge in [0.05, 0.1) is 35.0 Å². The van der Waals surface area contributed by atoms with Crippen LogP contribution >= 0.6 is 0 Å². The van der Waals surface area contributed by atoms with E-state index < -0.39 is 0 Å². The van der Waals surface area contributed by atoms with Gasteiger partial charge in [0, 0.05) is 30.6 Å². The van der Waals surface area contributed by atoms with E-state index in [1.54, 1.807) is 18.5 Å². The Balaban J connectivity index is 1.50. The highest BCUT2D eigenvalue weighted by molar-refractivity contribution is 5.89. The maximum atomic E-state index is 13.9. The Kier molecular flexibility index (Phi) is 4.27. The number of anilines is 3. The molecule has 0 radical (unpaired) electrons. The highest BCUT2D eigenvalue weighted by atomic mass is 19.1. The number of hydrogen-bond acceptors (Lipinski definition) is 6. The summed E-state index contributed by atoms with van der Waals surface area (Å²) in [5.74, 6) is 0.686. The van der Waals surface area contributed by atoms with Crippen molar-refractivity contribution >= 4 is 28.1 Å². The molecule has 7 heteroatoms. The third-order valence-corrected chi connectivity index (χ3v) is 5.15. The molecule has 0 spiro atoms. The van der Waals surface area contributed by atoms with Gasteiger partial charge in [-0.1, -0.05) is 6.92 Å². The molecule has 1 N–H and O–H groups in total. The molecule has 1 aliphatic heterocycles. The minimum Gasteiger partial charge on any atom is -0.353 e. The molecule has 5 rings (SSSR count). The van der Waals surface area contributed by atoms with Gasteiger partial charge in [-0.3, -0.25) is 9.97 Å². The maximum Gasteiger partial charge on any atom is 0.140 e. The van der Waals surface area contributed by atoms with Gasteiger partial charge in [-0.25, -0.2) is 14.4 Å². The first-order chi connectivity index (χ1) is 14.2. The average Bonchev–Trinajstić information content (AvgIpc) is 2.73. The van der Waals surface area contributed by atoms with Gasteiger partial charge in [-0.15, -0.1) is 0 Å². The van der Waals surface area contributed by atoms with Crippen LogP contribution in [0.3, 0.4) is 0 Å². The summed E-state index contributed by atoms with van der Waals surface area (Å²) in [6, 6.07) is 10.6. The number of hydrogen-bond donors (Lipinski definition) is 1. The lowest BCUT2D eigenvalue weighted by atomic mass is 9.96. The molecule has 1 aromatic carbocycles. The Hall–Kier alpha value is -3.61. The van der Waals surface area contributed by atoms with Crippen LogP contribution in [-0.2, 0) is 6.54 Å². The number of nitrogens with one attached hydrogen (secondary N) is 1. The SMILES string of the molecule is CC1CN(c2ncnc3ccc(F)cc23)Cc2cc(Nc3cccnc3)cnc21. The average molecular weight is 386 g/mol. The molecule has 1 unspecified atom stereocenters. The Morgan fingerprint density at radius 3 is 2.86 bits per heavy atom. The summed E-state index contributed by atoms with van der Waals surface area (Å²) in [6.07, 6.45) is 6.91. The molecule has 3 aromatic heterocycles. The van der Waals surface area contributed by atoms with Crippen molar-refractivity contribution in [1.29, 1.82) is 0 Å². The van der Waals surface area contributed by atoms with Crippen LogP contribution in [0.1, 0.15) is 24.1 Å². The van der Waals surface area contributed by atoms with Crippen molar-refractivity contribution in [2.45, 2.75) is 19.4 Å². The molecule has 144 valence electrons. The number of fused-ring (bicyclic) bond motifs is 2. The van der Waals surface area contributed by atoms with Crippen LogP contribution in [0.5, 0.6) is 0 Å². The fourth-order valence-corrected chi connectivity index (χ4v) is 3.88. The van der Waals surface area contributed by atoms with Gasteiger partial charge in [-0.2, -0.15) is 0 Å². The molecule has 4 aromatic rings. The zero-order valence-electron chi connectivity index (χ0n) is 15.9. The van der Waals surface area contributed by atoms with Gasteiger partial charge < -0.3 is 10.2 Å². The molecule has 0 aliphatic carbocycles. The van der Waals surface area contributed by atoms with Crippen molar-refractivity contribution in [3.05, 3.63) is 78.4 Å². The first-order valence-electron chi connectivity index (χ1n) is 9.48. The van der Waals surface area contributed by atoms with Gasteiger partial charge in [0.2, 0.25) is 0 Å². The number of aromatic nitrogens is 4. The van der Waals surface area contributed by atoms with E-state index in [-0.39, 0.29) is 11.7 Å². The Morgan fingerprint density at radius 2 is 2.00 bits per heavy atom. The molecule has 1 atom stereocenters. The van der Waals surface area contributed by atoms with E-state index in [0.29, 0.717) is 6.54 Å². The summed E-state index contributed by atoms with van der Waals surface area (Å²) in [6.45, 7) is 3.56. The fourth-order valence-electron chi connectivity index (χ4n) is 3.88. The number of nitrogens with zero attached hydrogens (tertiary/aromatic N) is 5. The molecule has 0 amide bonds. The van der Waals surface area contributed by atoms with Gasteiger partial charge in [0.15, 0.2) is 0 Å². The molecular weight excluding hydrogens is 367 g/mol. The van der Waals surface area contributed by atoms with Crippen LogP contribution in [0.25, 0.3) is 10.9 Å². The first kappa shape index (κ1) is 17.5. The molecule has 0 saturated heterocycles. The summed E-state index contributed by atoms with van der Waals surface area (Å²) in [7, 11) is 0. The molecule has 29 heavy (non-hydrogen) atoms. The second-order valence-electron chi connectivity index (χ2n) is 7.28. The standard InChI is InChI=1S/C22H19FN6/c1-14-11-29(22-19-8-16(23)4-5-20(19)26-13-27-22)12-15-7-18(10-25-21(14)15)28-17-3-2-6-24-9-17/h2-10,13-14,28H,11-12H2,1H3. The second kappa shape index (κ2) is 7.09. The predicted molar refractivity (Wildman–Crippen MR) is 111 cm³/mol. The van der Waals surface area contributed by atoms with E-state index >= 15 is 0 Å². The molecule has 6 nitrogen and oxygen atoms in total. The molecule has 0 saturated carbocycles. The summed E-state index contributed by atoms with van der Waals surface area (Å²) in [5.41, 5.74) is 4.76. The first-order valence-corrected chi connectivity index (χ1v) is 9.48. The molecule has 1 aliphatic rings. The third kappa shape index (κ3) is 3.35.